The van der Waals surface area contributed by atoms with Gasteiger partial charge < -0.3 is 10.1 Å². The van der Waals surface area contributed by atoms with Crippen molar-refractivity contribution in [2.75, 3.05) is 25.6 Å². The van der Waals surface area contributed by atoms with Gasteiger partial charge in [0.15, 0.2) is 11.6 Å². The van der Waals surface area contributed by atoms with Crippen molar-refractivity contribution in [3.63, 3.8) is 0 Å². The Hall–Kier alpha value is -3.31. The molecular formula is C25H24ClN5O3S2. The van der Waals surface area contributed by atoms with Gasteiger partial charge in [0.05, 0.1) is 16.7 Å². The third-order valence-electron chi connectivity index (χ3n) is 5.61. The van der Waals surface area contributed by atoms with E-state index in [4.69, 9.17) is 14.7 Å². The maximum Gasteiger partial charge on any atom is 0.275 e. The first-order valence-electron chi connectivity index (χ1n) is 11.0. The first-order valence-corrected chi connectivity index (χ1v) is 12.7. The van der Waals surface area contributed by atoms with Crippen LogP contribution < -0.4 is 15.5 Å². The maximum absolute atomic E-state index is 12.5. The number of fused-ring (bicyclic) bond motifs is 1. The number of hydrogen-bond acceptors (Lipinski definition) is 9. The topological polar surface area (TPSA) is 96.5 Å². The highest BCUT2D eigenvalue weighted by atomic mass is 35.5. The number of hydrogen-bond donors (Lipinski definition) is 2. The second kappa shape index (κ2) is 10.8. The fourth-order valence-corrected chi connectivity index (χ4v) is 5.66. The molecule has 36 heavy (non-hydrogen) atoms. The fraction of sp³-hybridized carbons (Fsp3) is 0.200. The number of imide groups is 1. The van der Waals surface area contributed by atoms with E-state index in [9.17, 15) is 9.59 Å². The molecule has 4 heterocycles. The molecule has 0 saturated carbocycles. The number of halogens is 1. The Morgan fingerprint density at radius 2 is 1.94 bits per heavy atom. The third kappa shape index (κ3) is 4.85. The highest BCUT2D eigenvalue weighted by molar-refractivity contribution is 7.22. The number of thiophene rings is 2. The molecule has 0 aliphatic carbocycles. The van der Waals surface area contributed by atoms with E-state index >= 15 is 0 Å². The van der Waals surface area contributed by atoms with Crippen molar-refractivity contribution in [2.24, 2.45) is 0 Å². The van der Waals surface area contributed by atoms with Crippen LogP contribution in [0.3, 0.4) is 0 Å². The fourth-order valence-electron chi connectivity index (χ4n) is 3.81. The molecule has 1 fully saturated rings. The summed E-state index contributed by atoms with van der Waals surface area (Å²) in [5.41, 5.74) is 5.21. The summed E-state index contributed by atoms with van der Waals surface area (Å²) in [4.78, 5) is 37.1. The molecule has 5 rings (SSSR count). The summed E-state index contributed by atoms with van der Waals surface area (Å²) in [7, 11) is 1.89. The van der Waals surface area contributed by atoms with E-state index in [1.54, 1.807) is 11.3 Å². The highest BCUT2D eigenvalue weighted by Crippen LogP contribution is 2.42. The van der Waals surface area contributed by atoms with Gasteiger partial charge in [-0.25, -0.2) is 9.97 Å². The first kappa shape index (κ1) is 25.8. The van der Waals surface area contributed by atoms with Crippen molar-refractivity contribution in [1.82, 2.24) is 20.3 Å². The number of aromatic nitrogens is 2. The van der Waals surface area contributed by atoms with Crippen LogP contribution in [0.25, 0.3) is 31.4 Å². The predicted molar refractivity (Wildman–Crippen MR) is 147 cm³/mol. The van der Waals surface area contributed by atoms with Crippen molar-refractivity contribution in [1.29, 1.82) is 0 Å². The summed E-state index contributed by atoms with van der Waals surface area (Å²) in [5, 5.41) is 6.79. The number of rotatable bonds is 8. The molecule has 1 saturated heterocycles. The van der Waals surface area contributed by atoms with Gasteiger partial charge in [0.25, 0.3) is 11.8 Å². The van der Waals surface area contributed by atoms with E-state index in [0.29, 0.717) is 18.2 Å². The molecule has 4 aromatic rings. The van der Waals surface area contributed by atoms with Gasteiger partial charge in [-0.1, -0.05) is 12.6 Å². The Bertz CT molecular complexity index is 1430. The van der Waals surface area contributed by atoms with Crippen molar-refractivity contribution >= 4 is 62.9 Å². The van der Waals surface area contributed by atoms with E-state index in [-0.39, 0.29) is 30.3 Å². The molecule has 11 heteroatoms. The SMILES string of the molecule is C=C1CC(=O)N(Nc2nc(-c3cccs3)nc3sc(-c4ccc(OCCNC)cc4)c(C)c23)C1=O.Cl. The van der Waals surface area contributed by atoms with Gasteiger partial charge in [-0.15, -0.1) is 35.1 Å². The van der Waals surface area contributed by atoms with E-state index in [1.807, 2.05) is 55.7 Å². The number of likely N-dealkylation sites (N-methyl/N-ethyl adjacent to an activating group) is 1. The van der Waals surface area contributed by atoms with Crippen molar-refractivity contribution < 1.29 is 14.3 Å². The Kier molecular flexibility index (Phi) is 7.70. The van der Waals surface area contributed by atoms with Crippen molar-refractivity contribution in [3.05, 3.63) is 59.5 Å². The van der Waals surface area contributed by atoms with Crippen LogP contribution in [0.5, 0.6) is 5.75 Å². The molecule has 0 unspecified atom stereocenters. The summed E-state index contributed by atoms with van der Waals surface area (Å²) < 4.78 is 5.74. The molecule has 1 aliphatic heterocycles. The van der Waals surface area contributed by atoms with Crippen LogP contribution in [0.2, 0.25) is 0 Å². The molecule has 0 spiro atoms. The number of carbonyl (C=O) groups excluding carboxylic acids is 2. The molecule has 1 aliphatic rings. The molecule has 8 nitrogen and oxygen atoms in total. The minimum Gasteiger partial charge on any atom is -0.492 e. The molecule has 1 aromatic carbocycles. The van der Waals surface area contributed by atoms with E-state index in [1.165, 1.54) is 11.3 Å². The summed E-state index contributed by atoms with van der Waals surface area (Å²) in [5.74, 6) is 0.958. The number of nitrogens with one attached hydrogen (secondary N) is 2. The first-order chi connectivity index (χ1) is 17.0. The van der Waals surface area contributed by atoms with Crippen molar-refractivity contribution in [3.8, 4) is 26.9 Å². The number of hydrazine groups is 1. The van der Waals surface area contributed by atoms with E-state index < -0.39 is 5.91 Å². The standard InChI is InChI=1S/C25H23N5O3S2.ClH/c1-14-13-19(31)30(25(14)32)29-23-20-15(2)21(16-6-8-17(9-7-16)33-11-10-26-3)35-24(20)28-22(27-23)18-5-4-12-34-18;/h4-9,12,26H,1,10-11,13H2,2-3H3,(H,27,28,29);1H. The van der Waals surface area contributed by atoms with E-state index in [0.717, 1.165) is 48.4 Å². The van der Waals surface area contributed by atoms with Crippen molar-refractivity contribution in [2.45, 2.75) is 13.3 Å². The molecule has 0 atom stereocenters. The molecule has 0 radical (unpaired) electrons. The number of ether oxygens (including phenoxy) is 1. The van der Waals surface area contributed by atoms with E-state index in [2.05, 4.69) is 17.3 Å². The average molecular weight is 542 g/mol. The van der Waals surface area contributed by atoms with Gasteiger partial charge in [-0.2, -0.15) is 5.01 Å². The van der Waals surface area contributed by atoms with Crippen LogP contribution in [0.15, 0.2) is 53.9 Å². The molecule has 0 bridgehead atoms. The molecular weight excluding hydrogens is 518 g/mol. The largest absolute Gasteiger partial charge is 0.492 e. The Balaban J connectivity index is 0.00000304. The zero-order chi connectivity index (χ0) is 24.5. The monoisotopic (exact) mass is 541 g/mol. The van der Waals surface area contributed by atoms with Gasteiger partial charge in [0, 0.05) is 17.0 Å². The lowest BCUT2D eigenvalue weighted by atomic mass is 10.1. The number of anilines is 1. The minimum absolute atomic E-state index is 0. The number of benzene rings is 1. The number of nitrogens with zero attached hydrogens (tertiary/aromatic N) is 3. The molecule has 2 amide bonds. The van der Waals surface area contributed by atoms with Crippen LogP contribution in [0.4, 0.5) is 5.82 Å². The lowest BCUT2D eigenvalue weighted by Gasteiger charge is -2.17. The van der Waals surface area contributed by atoms with Gasteiger partial charge >= 0.3 is 0 Å². The Morgan fingerprint density at radius 3 is 2.58 bits per heavy atom. The summed E-state index contributed by atoms with van der Waals surface area (Å²) in [6.45, 7) is 7.06. The van der Waals surface area contributed by atoms with Gasteiger partial charge in [0.2, 0.25) is 0 Å². The van der Waals surface area contributed by atoms with Crippen LogP contribution in [0.1, 0.15) is 12.0 Å². The lowest BCUT2D eigenvalue weighted by Crippen LogP contribution is -2.35. The predicted octanol–water partition coefficient (Wildman–Crippen LogP) is 5.06. The molecule has 186 valence electrons. The summed E-state index contributed by atoms with van der Waals surface area (Å²) in [6.07, 6.45) is -0.00551. The summed E-state index contributed by atoms with van der Waals surface area (Å²) >= 11 is 3.07. The van der Waals surface area contributed by atoms with Gasteiger partial charge in [-0.05, 0) is 60.8 Å². The van der Waals surface area contributed by atoms with Gasteiger partial charge in [-0.3, -0.25) is 15.0 Å². The van der Waals surface area contributed by atoms with Gasteiger partial charge in [0.1, 0.15) is 17.2 Å². The number of carbonyl (C=O) groups is 2. The number of aryl methyl sites for hydroxylation is 1. The average Bonchev–Trinajstić information content (AvgIpc) is 3.56. The van der Waals surface area contributed by atoms with Crippen LogP contribution in [-0.2, 0) is 9.59 Å². The second-order valence-electron chi connectivity index (χ2n) is 8.01. The second-order valence-corrected chi connectivity index (χ2v) is 9.96. The highest BCUT2D eigenvalue weighted by Gasteiger charge is 2.34. The molecule has 2 N–H and O–H groups in total. The Labute approximate surface area is 222 Å². The van der Waals surface area contributed by atoms with Crippen LogP contribution in [-0.4, -0.2) is 47.0 Å². The minimum atomic E-state index is -0.443. The smallest absolute Gasteiger partial charge is 0.275 e. The maximum atomic E-state index is 12.5. The number of amides is 2. The zero-order valence-corrected chi connectivity index (χ0v) is 22.1. The normalized spacial score (nSPS) is 13.4. The third-order valence-corrected chi connectivity index (χ3v) is 7.71. The quantitative estimate of drug-likeness (QED) is 0.183. The zero-order valence-electron chi connectivity index (χ0n) is 19.7. The summed E-state index contributed by atoms with van der Waals surface area (Å²) in [6, 6.07) is 11.8. The molecule has 3 aromatic heterocycles. The van der Waals surface area contributed by atoms with Crippen LogP contribution >= 0.6 is 35.1 Å². The Morgan fingerprint density at radius 1 is 1.17 bits per heavy atom. The lowest BCUT2D eigenvalue weighted by molar-refractivity contribution is -0.135. The van der Waals surface area contributed by atoms with Crippen LogP contribution in [0, 0.1) is 6.92 Å².